The van der Waals surface area contributed by atoms with Gasteiger partial charge in [-0.15, -0.1) is 0 Å². The summed E-state index contributed by atoms with van der Waals surface area (Å²) >= 11 is 0. The minimum atomic E-state index is -4.36. The molecular formula is C56H102N2O10P2-2. The first kappa shape index (κ1) is 63.3. The van der Waals surface area contributed by atoms with Gasteiger partial charge in [-0.05, 0) is 122 Å². The van der Waals surface area contributed by atoms with Gasteiger partial charge in [0.05, 0.1) is 25.4 Å². The van der Waals surface area contributed by atoms with Crippen molar-refractivity contribution in [1.82, 2.24) is 9.80 Å². The van der Waals surface area contributed by atoms with Crippen LogP contribution in [0.4, 0.5) is 0 Å². The lowest BCUT2D eigenvalue weighted by Crippen LogP contribution is -2.57. The highest BCUT2D eigenvalue weighted by atomic mass is 31.2. The summed E-state index contributed by atoms with van der Waals surface area (Å²) in [5, 5.41) is 0. The van der Waals surface area contributed by atoms with Crippen LogP contribution >= 0.6 is 15.6 Å². The molecule has 0 aromatic carbocycles. The number of phosphoric acid groups is 2. The molecule has 0 amide bonds. The topological polar surface area (TPSA) is 142 Å². The van der Waals surface area contributed by atoms with Crippen LogP contribution in [-0.2, 0) is 36.7 Å². The van der Waals surface area contributed by atoms with E-state index in [0.29, 0.717) is 31.3 Å². The molecule has 0 aromatic heterocycles. The Labute approximate surface area is 428 Å². The van der Waals surface area contributed by atoms with Crippen molar-refractivity contribution >= 4 is 15.6 Å². The van der Waals surface area contributed by atoms with Gasteiger partial charge in [-0.1, -0.05) is 152 Å². The Morgan fingerprint density at radius 2 is 0.857 bits per heavy atom. The Morgan fingerprint density at radius 3 is 1.21 bits per heavy atom. The molecule has 2 aliphatic carbocycles. The summed E-state index contributed by atoms with van der Waals surface area (Å²) < 4.78 is 57.1. The summed E-state index contributed by atoms with van der Waals surface area (Å²) in [5.41, 5.74) is 0.328. The summed E-state index contributed by atoms with van der Waals surface area (Å²) in [5.74, 6) is -0.596. The second-order valence-corrected chi connectivity index (χ2v) is 23.9. The SMILES string of the molecule is CCCCC/C=C\C/C=C\CCCCCCCCC1(CCCCCCCC/C=C\C/C=C\CCCCC)CCC2(CC1)O[C@H]1C[C@@H](N(C)CCOP(=O)([O-])OC)[C@@H](N(C)CCOP(=O)([O-])OC)C[C@@H]1O2. The molecular weight excluding hydrogens is 923 g/mol. The first-order chi connectivity index (χ1) is 33.8. The average Bonchev–Trinajstić information content (AvgIpc) is 3.71. The van der Waals surface area contributed by atoms with Crippen molar-refractivity contribution < 1.29 is 46.5 Å². The number of allylic oxidation sites excluding steroid dienone is 8. The summed E-state index contributed by atoms with van der Waals surface area (Å²) in [4.78, 5) is 28.1. The first-order valence-electron chi connectivity index (χ1n) is 28.2. The average molecular weight is 1030 g/mol. The number of fused-ring (bicyclic) bond motifs is 1. The van der Waals surface area contributed by atoms with E-state index < -0.39 is 21.4 Å². The summed E-state index contributed by atoms with van der Waals surface area (Å²) in [6, 6.07) is -0.0575. The molecule has 12 nitrogen and oxygen atoms in total. The minimum absolute atomic E-state index is 0.0288. The predicted molar refractivity (Wildman–Crippen MR) is 285 cm³/mol. The lowest BCUT2D eigenvalue weighted by Gasteiger charge is -2.45. The van der Waals surface area contributed by atoms with Gasteiger partial charge in [-0.25, -0.2) is 0 Å². The maximum absolute atomic E-state index is 11.9. The second-order valence-electron chi connectivity index (χ2n) is 20.9. The lowest BCUT2D eigenvalue weighted by molar-refractivity contribution is -0.224. The third kappa shape index (κ3) is 26.5. The Morgan fingerprint density at radius 1 is 0.514 bits per heavy atom. The van der Waals surface area contributed by atoms with Crippen molar-refractivity contribution in [3.05, 3.63) is 48.6 Å². The van der Waals surface area contributed by atoms with Crippen molar-refractivity contribution in [3.8, 4) is 0 Å². The van der Waals surface area contributed by atoms with Gasteiger partial charge in [0.25, 0.3) is 15.6 Å². The van der Waals surface area contributed by atoms with Gasteiger partial charge in [0, 0.05) is 52.2 Å². The molecule has 3 fully saturated rings. The Balaban J connectivity index is 1.54. The zero-order chi connectivity index (χ0) is 50.8. The van der Waals surface area contributed by atoms with Gasteiger partial charge >= 0.3 is 0 Å². The quantitative estimate of drug-likeness (QED) is 0.0326. The second kappa shape index (κ2) is 36.9. The van der Waals surface area contributed by atoms with Crippen LogP contribution in [0.15, 0.2) is 48.6 Å². The molecule has 2 unspecified atom stereocenters. The number of phosphoric ester groups is 2. The maximum Gasteiger partial charge on any atom is 0.267 e. The lowest BCUT2D eigenvalue weighted by atomic mass is 9.66. The van der Waals surface area contributed by atoms with E-state index in [1.807, 2.05) is 14.1 Å². The van der Waals surface area contributed by atoms with Crippen molar-refractivity contribution in [2.45, 2.75) is 249 Å². The fourth-order valence-electron chi connectivity index (χ4n) is 10.9. The number of nitrogens with zero attached hydrogens (tertiary/aromatic N) is 2. The Hall–Kier alpha value is -0.980. The molecule has 2 saturated carbocycles. The summed E-state index contributed by atoms with van der Waals surface area (Å²) in [7, 11) is -2.60. The highest BCUT2D eigenvalue weighted by Gasteiger charge is 2.55. The molecule has 1 saturated heterocycles. The summed E-state index contributed by atoms with van der Waals surface area (Å²) in [6.07, 6.45) is 57.0. The van der Waals surface area contributed by atoms with Gasteiger partial charge in [-0.2, -0.15) is 0 Å². The van der Waals surface area contributed by atoms with E-state index in [1.54, 1.807) is 0 Å². The zero-order valence-electron chi connectivity index (χ0n) is 45.3. The van der Waals surface area contributed by atoms with Crippen LogP contribution in [0.1, 0.15) is 219 Å². The van der Waals surface area contributed by atoms with Crippen LogP contribution in [0, 0.1) is 5.41 Å². The molecule has 70 heavy (non-hydrogen) atoms. The van der Waals surface area contributed by atoms with E-state index >= 15 is 0 Å². The van der Waals surface area contributed by atoms with Gasteiger partial charge in [0.1, 0.15) is 0 Å². The van der Waals surface area contributed by atoms with Gasteiger partial charge < -0.3 is 37.4 Å². The number of unbranched alkanes of at least 4 members (excludes halogenated alkanes) is 18. The molecule has 14 heteroatoms. The van der Waals surface area contributed by atoms with E-state index in [0.717, 1.165) is 52.7 Å². The van der Waals surface area contributed by atoms with Crippen molar-refractivity contribution in [3.63, 3.8) is 0 Å². The fraction of sp³-hybridized carbons (Fsp3) is 0.857. The normalized spacial score (nSPS) is 23.2. The molecule has 1 spiro atoms. The van der Waals surface area contributed by atoms with Crippen LogP contribution in [0.2, 0.25) is 0 Å². The first-order valence-corrected chi connectivity index (χ1v) is 31.1. The largest absolute Gasteiger partial charge is 0.756 e. The molecule has 6 atom stereocenters. The van der Waals surface area contributed by atoms with Crippen LogP contribution < -0.4 is 9.79 Å². The molecule has 1 aliphatic heterocycles. The fourth-order valence-corrected chi connectivity index (χ4v) is 11.7. The molecule has 1 heterocycles. The Kier molecular flexibility index (Phi) is 33.4. The minimum Gasteiger partial charge on any atom is -0.756 e. The summed E-state index contributed by atoms with van der Waals surface area (Å²) in [6.45, 7) is 5.14. The van der Waals surface area contributed by atoms with E-state index in [9.17, 15) is 18.9 Å². The molecule has 0 N–H and O–H groups in total. The highest BCUT2D eigenvalue weighted by molar-refractivity contribution is 7.46. The smallest absolute Gasteiger partial charge is 0.267 e. The third-order valence-corrected chi connectivity index (χ3v) is 17.3. The van der Waals surface area contributed by atoms with Crippen molar-refractivity contribution in [1.29, 1.82) is 0 Å². The van der Waals surface area contributed by atoms with Crippen LogP contribution in [0.5, 0.6) is 0 Å². The molecule has 0 aromatic rings. The number of hydrogen-bond acceptors (Lipinski definition) is 12. The van der Waals surface area contributed by atoms with E-state index in [2.05, 4.69) is 81.3 Å². The third-order valence-electron chi connectivity index (χ3n) is 15.4. The van der Waals surface area contributed by atoms with Crippen LogP contribution in [0.3, 0.4) is 0 Å². The molecule has 0 radical (unpaired) electrons. The molecule has 3 rings (SSSR count). The molecule has 0 bridgehead atoms. The van der Waals surface area contributed by atoms with E-state index in [1.165, 1.54) is 154 Å². The number of likely N-dealkylation sites (N-methyl/N-ethyl adjacent to an activating group) is 2. The van der Waals surface area contributed by atoms with Crippen molar-refractivity contribution in [2.24, 2.45) is 5.41 Å². The number of rotatable bonds is 42. The van der Waals surface area contributed by atoms with Gasteiger partial charge in [0.2, 0.25) is 0 Å². The van der Waals surface area contributed by atoms with Crippen LogP contribution in [-0.4, -0.2) is 94.5 Å². The zero-order valence-corrected chi connectivity index (χ0v) is 47.0. The number of ether oxygens (including phenoxy) is 2. The van der Waals surface area contributed by atoms with Crippen molar-refractivity contribution in [2.75, 3.05) is 54.6 Å². The molecule has 3 aliphatic rings. The van der Waals surface area contributed by atoms with Gasteiger partial charge in [-0.3, -0.25) is 18.9 Å². The van der Waals surface area contributed by atoms with E-state index in [-0.39, 0.29) is 37.5 Å². The highest BCUT2D eigenvalue weighted by Crippen LogP contribution is 2.53. The van der Waals surface area contributed by atoms with Crippen LogP contribution in [0.25, 0.3) is 0 Å². The number of hydrogen-bond donors (Lipinski definition) is 0. The maximum atomic E-state index is 11.9. The van der Waals surface area contributed by atoms with E-state index in [4.69, 9.17) is 18.5 Å². The predicted octanol–water partition coefficient (Wildman–Crippen LogP) is 14.1. The Bertz CT molecular complexity index is 1450. The molecule has 408 valence electrons. The monoisotopic (exact) mass is 1020 g/mol. The standard InChI is InChI=1S/C56H104N2O10P2/c1-7-9-11-13-15-17-19-21-23-25-27-29-31-33-35-37-39-55(40-38-36-34-32-30-28-26-24-22-20-18-16-14-12-10-8-2)41-43-56(44-42-55)67-53-49-51(57(3)45-47-65-69(59,60)63-5)52(50-54(53)68-56)58(4)46-48-66-70(61,62)64-6/h15-18,21-24,51-54H,7-14,19-20,25-50H2,1-6H3,(H,59,60)(H,61,62)/p-2/b17-15-,18-16-,23-21-,24-22-/t51-,52+,53-,54-/m0/s1. The van der Waals surface area contributed by atoms with Gasteiger partial charge in [0.15, 0.2) is 5.79 Å².